The lowest BCUT2D eigenvalue weighted by Crippen LogP contribution is -2.41. The van der Waals surface area contributed by atoms with E-state index < -0.39 is 0 Å². The SMILES string of the molecule is COc1cc2c(cc1OC)-c1ccc3cc(Cl)ccc3[n+]1CC2. The zero-order chi connectivity index (χ0) is 16.0. The molecule has 116 valence electrons. The minimum absolute atomic E-state index is 0.760. The summed E-state index contributed by atoms with van der Waals surface area (Å²) in [5, 5.41) is 1.92. The molecule has 0 fully saturated rings. The fraction of sp³-hybridized carbons (Fsp3) is 0.211. The quantitative estimate of drug-likeness (QED) is 0.664. The number of methoxy groups -OCH3 is 2. The Bertz CT molecular complexity index is 921. The summed E-state index contributed by atoms with van der Waals surface area (Å²) in [6, 6.07) is 14.5. The van der Waals surface area contributed by atoms with Crippen LogP contribution in [0.1, 0.15) is 5.56 Å². The van der Waals surface area contributed by atoms with Gasteiger partial charge in [0, 0.05) is 29.0 Å². The fourth-order valence-electron chi connectivity index (χ4n) is 3.37. The molecule has 23 heavy (non-hydrogen) atoms. The first kappa shape index (κ1) is 14.3. The van der Waals surface area contributed by atoms with Gasteiger partial charge in [0.05, 0.1) is 19.8 Å². The highest BCUT2D eigenvalue weighted by atomic mass is 35.5. The largest absolute Gasteiger partial charge is 0.493 e. The van der Waals surface area contributed by atoms with Crippen LogP contribution in [0, 0.1) is 0 Å². The summed E-state index contributed by atoms with van der Waals surface area (Å²) in [6.07, 6.45) is 0.967. The summed E-state index contributed by atoms with van der Waals surface area (Å²) in [7, 11) is 3.34. The van der Waals surface area contributed by atoms with E-state index in [1.807, 2.05) is 12.1 Å². The number of halogens is 1. The minimum atomic E-state index is 0.760. The Morgan fingerprint density at radius 3 is 2.52 bits per heavy atom. The van der Waals surface area contributed by atoms with E-state index in [0.29, 0.717) is 0 Å². The Kier molecular flexibility index (Phi) is 3.38. The van der Waals surface area contributed by atoms with Gasteiger partial charge < -0.3 is 9.47 Å². The van der Waals surface area contributed by atoms with Crippen LogP contribution < -0.4 is 14.0 Å². The molecule has 0 aliphatic carbocycles. The lowest BCUT2D eigenvalue weighted by molar-refractivity contribution is -0.661. The monoisotopic (exact) mass is 326 g/mol. The van der Waals surface area contributed by atoms with Crippen LogP contribution in [-0.4, -0.2) is 14.2 Å². The van der Waals surface area contributed by atoms with Gasteiger partial charge in [0.1, 0.15) is 0 Å². The highest BCUT2D eigenvalue weighted by Crippen LogP contribution is 2.37. The maximum Gasteiger partial charge on any atom is 0.213 e. The molecule has 3 aromatic rings. The smallest absolute Gasteiger partial charge is 0.213 e. The number of aromatic nitrogens is 1. The summed E-state index contributed by atoms with van der Waals surface area (Å²) < 4.78 is 13.2. The highest BCUT2D eigenvalue weighted by Gasteiger charge is 2.27. The van der Waals surface area contributed by atoms with Gasteiger partial charge in [0.2, 0.25) is 11.2 Å². The lowest BCUT2D eigenvalue weighted by atomic mass is 9.95. The Balaban J connectivity index is 1.97. The molecule has 1 aliphatic rings. The molecule has 0 N–H and O–H groups in total. The molecule has 0 bridgehead atoms. The predicted octanol–water partition coefficient (Wildman–Crippen LogP) is 4.02. The number of aryl methyl sites for hydroxylation is 2. The van der Waals surface area contributed by atoms with Crippen LogP contribution in [0.15, 0.2) is 42.5 Å². The van der Waals surface area contributed by atoms with Gasteiger partial charge in [0.25, 0.3) is 0 Å². The van der Waals surface area contributed by atoms with Crippen LogP contribution in [0.2, 0.25) is 5.02 Å². The van der Waals surface area contributed by atoms with Gasteiger partial charge >= 0.3 is 0 Å². The van der Waals surface area contributed by atoms with E-state index >= 15 is 0 Å². The second kappa shape index (κ2) is 5.43. The van der Waals surface area contributed by atoms with E-state index in [-0.39, 0.29) is 0 Å². The van der Waals surface area contributed by atoms with Crippen molar-refractivity contribution < 1.29 is 14.0 Å². The van der Waals surface area contributed by atoms with E-state index in [9.17, 15) is 0 Å². The van der Waals surface area contributed by atoms with Gasteiger partial charge in [-0.25, -0.2) is 0 Å². The molecule has 2 aromatic carbocycles. The Labute approximate surface area is 140 Å². The molecule has 0 unspecified atom stereocenters. The zero-order valence-electron chi connectivity index (χ0n) is 13.1. The van der Waals surface area contributed by atoms with E-state index in [4.69, 9.17) is 21.1 Å². The van der Waals surface area contributed by atoms with Crippen molar-refractivity contribution in [3.05, 3.63) is 53.1 Å². The molecule has 4 heteroatoms. The molecule has 3 nitrogen and oxygen atoms in total. The average molecular weight is 327 g/mol. The molecule has 0 spiro atoms. The molecule has 1 aromatic heterocycles. The summed E-state index contributed by atoms with van der Waals surface area (Å²) in [4.78, 5) is 0. The molecular weight excluding hydrogens is 310 g/mol. The van der Waals surface area contributed by atoms with Gasteiger partial charge in [-0.1, -0.05) is 11.6 Å². The number of hydrogen-bond donors (Lipinski definition) is 0. The van der Waals surface area contributed by atoms with Crippen molar-refractivity contribution in [2.45, 2.75) is 13.0 Å². The van der Waals surface area contributed by atoms with E-state index in [2.05, 4.69) is 34.9 Å². The number of rotatable bonds is 2. The first-order chi connectivity index (χ1) is 11.2. The van der Waals surface area contributed by atoms with Crippen molar-refractivity contribution in [2.75, 3.05) is 14.2 Å². The third kappa shape index (κ3) is 2.23. The van der Waals surface area contributed by atoms with E-state index in [1.165, 1.54) is 22.3 Å². The lowest BCUT2D eigenvalue weighted by Gasteiger charge is -2.18. The van der Waals surface area contributed by atoms with Crippen LogP contribution in [0.4, 0.5) is 0 Å². The molecule has 0 radical (unpaired) electrons. The second-order valence-electron chi connectivity index (χ2n) is 5.69. The topological polar surface area (TPSA) is 22.3 Å². The molecule has 2 heterocycles. The third-order valence-electron chi connectivity index (χ3n) is 4.48. The van der Waals surface area contributed by atoms with E-state index in [0.717, 1.165) is 34.9 Å². The molecular formula is C19H17ClNO2+. The maximum absolute atomic E-state index is 6.12. The normalized spacial score (nSPS) is 12.7. The van der Waals surface area contributed by atoms with Crippen molar-refractivity contribution in [3.8, 4) is 22.8 Å². The fourth-order valence-corrected chi connectivity index (χ4v) is 3.55. The first-order valence-corrected chi connectivity index (χ1v) is 7.96. The standard InChI is InChI=1S/C19H17ClNO2/c1-22-18-10-12-7-8-21-16-6-4-14(20)9-13(16)3-5-17(21)15(12)11-19(18)23-2/h3-6,9-11H,7-8H2,1-2H3/q+1. The van der Waals surface area contributed by atoms with E-state index in [1.54, 1.807) is 14.2 Å². The van der Waals surface area contributed by atoms with Gasteiger partial charge in [0.15, 0.2) is 18.0 Å². The molecule has 4 rings (SSSR count). The van der Waals surface area contributed by atoms with Gasteiger partial charge in [-0.15, -0.1) is 0 Å². The molecule has 1 aliphatic heterocycles. The van der Waals surface area contributed by atoms with Gasteiger partial charge in [-0.3, -0.25) is 0 Å². The summed E-state index contributed by atoms with van der Waals surface area (Å²) >= 11 is 6.12. The molecule has 0 amide bonds. The first-order valence-electron chi connectivity index (χ1n) is 7.58. The molecule has 0 atom stereocenters. The number of ether oxygens (including phenoxy) is 2. The number of benzene rings is 2. The summed E-state index contributed by atoms with van der Waals surface area (Å²) in [6.45, 7) is 0.941. The maximum atomic E-state index is 6.12. The third-order valence-corrected chi connectivity index (χ3v) is 4.72. The Hall–Kier alpha value is -2.26. The molecule has 0 saturated heterocycles. The molecule has 0 saturated carbocycles. The van der Waals surface area contributed by atoms with Crippen LogP contribution in [-0.2, 0) is 13.0 Å². The van der Waals surface area contributed by atoms with Crippen molar-refractivity contribution in [3.63, 3.8) is 0 Å². The van der Waals surface area contributed by atoms with Gasteiger partial charge in [-0.2, -0.15) is 4.57 Å². The number of fused-ring (bicyclic) bond motifs is 5. The highest BCUT2D eigenvalue weighted by molar-refractivity contribution is 6.31. The number of hydrogen-bond acceptors (Lipinski definition) is 2. The van der Waals surface area contributed by atoms with Crippen LogP contribution in [0.3, 0.4) is 0 Å². The average Bonchev–Trinajstić information content (AvgIpc) is 2.59. The van der Waals surface area contributed by atoms with Crippen molar-refractivity contribution in [2.24, 2.45) is 0 Å². The Morgan fingerprint density at radius 2 is 1.74 bits per heavy atom. The van der Waals surface area contributed by atoms with Crippen molar-refractivity contribution in [1.29, 1.82) is 0 Å². The number of pyridine rings is 1. The zero-order valence-corrected chi connectivity index (χ0v) is 13.9. The summed E-state index contributed by atoms with van der Waals surface area (Å²) in [5.74, 6) is 1.54. The van der Waals surface area contributed by atoms with Gasteiger partial charge in [-0.05, 0) is 35.9 Å². The predicted molar refractivity (Wildman–Crippen MR) is 91.4 cm³/mol. The number of nitrogens with zero attached hydrogens (tertiary/aromatic N) is 1. The van der Waals surface area contributed by atoms with Crippen LogP contribution in [0.25, 0.3) is 22.2 Å². The Morgan fingerprint density at radius 1 is 0.957 bits per heavy atom. The van der Waals surface area contributed by atoms with Crippen LogP contribution in [0.5, 0.6) is 11.5 Å². The van der Waals surface area contributed by atoms with Crippen molar-refractivity contribution >= 4 is 22.5 Å². The minimum Gasteiger partial charge on any atom is -0.493 e. The van der Waals surface area contributed by atoms with Crippen LogP contribution >= 0.6 is 11.6 Å². The summed E-state index contributed by atoms with van der Waals surface area (Å²) in [5.41, 5.74) is 4.89. The second-order valence-corrected chi connectivity index (χ2v) is 6.12. The van der Waals surface area contributed by atoms with Crippen molar-refractivity contribution in [1.82, 2.24) is 0 Å².